The summed E-state index contributed by atoms with van der Waals surface area (Å²) in [5.41, 5.74) is 9.19. The molecule has 0 saturated heterocycles. The Balaban J connectivity index is 2.13. The lowest BCUT2D eigenvalue weighted by Gasteiger charge is -2.48. The van der Waals surface area contributed by atoms with Gasteiger partial charge < -0.3 is 5.73 Å². The first-order valence-electron chi connectivity index (χ1n) is 7.94. The summed E-state index contributed by atoms with van der Waals surface area (Å²) in [6.07, 6.45) is 3.76. The highest BCUT2D eigenvalue weighted by molar-refractivity contribution is 5.25. The zero-order valence-electron chi connectivity index (χ0n) is 13.5. The molecule has 0 spiro atoms. The van der Waals surface area contributed by atoms with Gasteiger partial charge in [0.15, 0.2) is 0 Å². The monoisotopic (exact) mass is 274 g/mol. The Labute approximate surface area is 124 Å². The standard InChI is InChI=1S/C18H30N2/c1-14-9-10-18(13-19,11-16(14)3)20(4)12-17-8-6-5-7-15(17)2/h5-8,14,16H,9-13,19H2,1-4H3. The first-order valence-corrected chi connectivity index (χ1v) is 7.94. The number of hydrogen-bond acceptors (Lipinski definition) is 2. The molecule has 1 aliphatic rings. The van der Waals surface area contributed by atoms with Crippen molar-refractivity contribution in [2.24, 2.45) is 17.6 Å². The van der Waals surface area contributed by atoms with Crippen LogP contribution >= 0.6 is 0 Å². The summed E-state index contributed by atoms with van der Waals surface area (Å²) in [4.78, 5) is 2.51. The maximum atomic E-state index is 6.20. The molecule has 1 saturated carbocycles. The molecule has 1 aromatic carbocycles. The molecule has 1 aromatic rings. The third kappa shape index (κ3) is 3.07. The molecule has 0 aliphatic heterocycles. The molecule has 2 N–H and O–H groups in total. The fraction of sp³-hybridized carbons (Fsp3) is 0.667. The number of rotatable bonds is 4. The van der Waals surface area contributed by atoms with E-state index in [1.165, 1.54) is 30.4 Å². The van der Waals surface area contributed by atoms with Crippen LogP contribution in [0.5, 0.6) is 0 Å². The van der Waals surface area contributed by atoms with E-state index in [4.69, 9.17) is 5.73 Å². The second kappa shape index (κ2) is 6.28. The van der Waals surface area contributed by atoms with Gasteiger partial charge in [0.1, 0.15) is 0 Å². The third-order valence-corrected chi connectivity index (χ3v) is 5.60. The average molecular weight is 274 g/mol. The maximum Gasteiger partial charge on any atom is 0.0334 e. The van der Waals surface area contributed by atoms with Gasteiger partial charge in [0.2, 0.25) is 0 Å². The van der Waals surface area contributed by atoms with Gasteiger partial charge in [0.25, 0.3) is 0 Å². The second-order valence-corrected chi connectivity index (χ2v) is 6.91. The summed E-state index contributed by atoms with van der Waals surface area (Å²) in [5, 5.41) is 0. The van der Waals surface area contributed by atoms with Crippen LogP contribution in [-0.4, -0.2) is 24.0 Å². The van der Waals surface area contributed by atoms with Gasteiger partial charge in [-0.3, -0.25) is 4.90 Å². The first kappa shape index (κ1) is 15.5. The molecular weight excluding hydrogens is 244 g/mol. The Bertz CT molecular complexity index is 443. The highest BCUT2D eigenvalue weighted by Gasteiger charge is 2.39. The molecule has 0 aromatic heterocycles. The van der Waals surface area contributed by atoms with Crippen LogP contribution in [0.4, 0.5) is 0 Å². The minimum absolute atomic E-state index is 0.189. The summed E-state index contributed by atoms with van der Waals surface area (Å²) in [6, 6.07) is 8.69. The molecular formula is C18H30N2. The van der Waals surface area contributed by atoms with Crippen molar-refractivity contribution < 1.29 is 0 Å². The van der Waals surface area contributed by atoms with Crippen LogP contribution in [0.1, 0.15) is 44.2 Å². The van der Waals surface area contributed by atoms with E-state index in [0.717, 1.165) is 24.9 Å². The predicted octanol–water partition coefficient (Wildman–Crippen LogP) is 3.58. The van der Waals surface area contributed by atoms with Crippen molar-refractivity contribution in [3.05, 3.63) is 35.4 Å². The van der Waals surface area contributed by atoms with E-state index in [1.54, 1.807) is 0 Å². The Morgan fingerprint density at radius 2 is 1.95 bits per heavy atom. The van der Waals surface area contributed by atoms with E-state index in [0.29, 0.717) is 0 Å². The zero-order valence-corrected chi connectivity index (χ0v) is 13.5. The van der Waals surface area contributed by atoms with Gasteiger partial charge in [-0.05, 0) is 56.2 Å². The van der Waals surface area contributed by atoms with Gasteiger partial charge >= 0.3 is 0 Å². The van der Waals surface area contributed by atoms with Gasteiger partial charge in [-0.25, -0.2) is 0 Å². The van der Waals surface area contributed by atoms with Crippen LogP contribution in [0, 0.1) is 18.8 Å². The van der Waals surface area contributed by atoms with Crippen molar-refractivity contribution in [3.63, 3.8) is 0 Å². The molecule has 0 heterocycles. The SMILES string of the molecule is Cc1ccccc1CN(C)C1(CN)CCC(C)C(C)C1. The fourth-order valence-corrected chi connectivity index (χ4v) is 3.58. The second-order valence-electron chi connectivity index (χ2n) is 6.91. The number of nitrogens with zero attached hydrogens (tertiary/aromatic N) is 1. The van der Waals surface area contributed by atoms with E-state index in [1.807, 2.05) is 0 Å². The number of nitrogens with two attached hydrogens (primary N) is 1. The van der Waals surface area contributed by atoms with Crippen molar-refractivity contribution in [3.8, 4) is 0 Å². The van der Waals surface area contributed by atoms with Crippen molar-refractivity contribution in [1.82, 2.24) is 4.90 Å². The van der Waals surface area contributed by atoms with Crippen molar-refractivity contribution in [2.75, 3.05) is 13.6 Å². The van der Waals surface area contributed by atoms with Gasteiger partial charge in [0.05, 0.1) is 0 Å². The summed E-state index contributed by atoms with van der Waals surface area (Å²) in [6.45, 7) is 8.74. The fourth-order valence-electron chi connectivity index (χ4n) is 3.58. The van der Waals surface area contributed by atoms with E-state index in [2.05, 4.69) is 57.0 Å². The van der Waals surface area contributed by atoms with Crippen molar-refractivity contribution in [1.29, 1.82) is 0 Å². The lowest BCUT2D eigenvalue weighted by Crippen LogP contribution is -2.55. The maximum absolute atomic E-state index is 6.20. The van der Waals surface area contributed by atoms with E-state index >= 15 is 0 Å². The van der Waals surface area contributed by atoms with E-state index < -0.39 is 0 Å². The molecule has 2 heteroatoms. The van der Waals surface area contributed by atoms with Crippen LogP contribution in [0.25, 0.3) is 0 Å². The van der Waals surface area contributed by atoms with E-state index in [9.17, 15) is 0 Å². The lowest BCUT2D eigenvalue weighted by molar-refractivity contribution is 0.0348. The lowest BCUT2D eigenvalue weighted by atomic mass is 9.70. The van der Waals surface area contributed by atoms with Crippen LogP contribution < -0.4 is 5.73 Å². The molecule has 0 radical (unpaired) electrons. The molecule has 0 bridgehead atoms. The Morgan fingerprint density at radius 1 is 1.25 bits per heavy atom. The van der Waals surface area contributed by atoms with Crippen LogP contribution in [0.3, 0.4) is 0 Å². The number of benzene rings is 1. The third-order valence-electron chi connectivity index (χ3n) is 5.60. The number of hydrogen-bond donors (Lipinski definition) is 1. The molecule has 0 amide bonds. The highest BCUT2D eigenvalue weighted by atomic mass is 15.2. The minimum Gasteiger partial charge on any atom is -0.329 e. The smallest absolute Gasteiger partial charge is 0.0334 e. The van der Waals surface area contributed by atoms with Crippen LogP contribution in [0.15, 0.2) is 24.3 Å². The molecule has 3 atom stereocenters. The highest BCUT2D eigenvalue weighted by Crippen LogP contribution is 2.39. The molecule has 112 valence electrons. The first-order chi connectivity index (χ1) is 9.48. The molecule has 2 nitrogen and oxygen atoms in total. The minimum atomic E-state index is 0.189. The van der Waals surface area contributed by atoms with Gasteiger partial charge in [0, 0.05) is 18.6 Å². The number of likely N-dealkylation sites (N-methyl/N-ethyl adjacent to an activating group) is 1. The topological polar surface area (TPSA) is 29.3 Å². The largest absolute Gasteiger partial charge is 0.329 e. The van der Waals surface area contributed by atoms with Crippen LogP contribution in [0.2, 0.25) is 0 Å². The molecule has 1 aliphatic carbocycles. The Hall–Kier alpha value is -0.860. The predicted molar refractivity (Wildman–Crippen MR) is 86.6 cm³/mol. The summed E-state index contributed by atoms with van der Waals surface area (Å²) in [5.74, 6) is 1.60. The Kier molecular flexibility index (Phi) is 4.87. The quantitative estimate of drug-likeness (QED) is 0.909. The normalized spacial score (nSPS) is 30.7. The van der Waals surface area contributed by atoms with Gasteiger partial charge in [-0.15, -0.1) is 0 Å². The molecule has 20 heavy (non-hydrogen) atoms. The molecule has 2 rings (SSSR count). The van der Waals surface area contributed by atoms with Crippen molar-refractivity contribution >= 4 is 0 Å². The summed E-state index contributed by atoms with van der Waals surface area (Å²) >= 11 is 0. The zero-order chi connectivity index (χ0) is 14.8. The summed E-state index contributed by atoms with van der Waals surface area (Å²) in [7, 11) is 2.25. The van der Waals surface area contributed by atoms with Crippen molar-refractivity contribution in [2.45, 2.75) is 52.1 Å². The van der Waals surface area contributed by atoms with Gasteiger partial charge in [-0.2, -0.15) is 0 Å². The van der Waals surface area contributed by atoms with Gasteiger partial charge in [-0.1, -0.05) is 38.1 Å². The molecule has 1 fully saturated rings. The summed E-state index contributed by atoms with van der Waals surface area (Å²) < 4.78 is 0. The number of aryl methyl sites for hydroxylation is 1. The molecule has 3 unspecified atom stereocenters. The van der Waals surface area contributed by atoms with E-state index in [-0.39, 0.29) is 5.54 Å². The average Bonchev–Trinajstić information content (AvgIpc) is 2.44. The van der Waals surface area contributed by atoms with Crippen LogP contribution in [-0.2, 0) is 6.54 Å². The Morgan fingerprint density at radius 3 is 2.55 bits per heavy atom.